The molecule has 6 rings (SSSR count). The van der Waals surface area contributed by atoms with E-state index in [1.54, 1.807) is 37.3 Å². The number of ether oxygens (including phenoxy) is 1. The third-order valence-electron chi connectivity index (χ3n) is 6.24. The zero-order valence-corrected chi connectivity index (χ0v) is 19.8. The van der Waals surface area contributed by atoms with Gasteiger partial charge in [0, 0.05) is 16.2 Å². The van der Waals surface area contributed by atoms with Crippen molar-refractivity contribution in [3.63, 3.8) is 0 Å². The molecule has 0 atom stereocenters. The van der Waals surface area contributed by atoms with Crippen LogP contribution in [-0.2, 0) is 4.74 Å². The number of aromatic nitrogens is 2. The minimum absolute atomic E-state index is 0.228. The van der Waals surface area contributed by atoms with Gasteiger partial charge in [-0.1, -0.05) is 36.4 Å². The summed E-state index contributed by atoms with van der Waals surface area (Å²) in [7, 11) is 0. The first-order chi connectivity index (χ1) is 17.2. The number of carbonyl (C=O) groups excluding carboxylic acids is 4. The highest BCUT2D eigenvalue weighted by atomic mass is 16.6. The number of carbonyl (C=O) groups is 4. The van der Waals surface area contributed by atoms with Gasteiger partial charge in [0.05, 0.1) is 27.6 Å². The number of imide groups is 1. The quantitative estimate of drug-likeness (QED) is 0.366. The topological polar surface area (TPSA) is 111 Å². The number of hydrogen-bond donors (Lipinski definition) is 2. The first-order valence-corrected chi connectivity index (χ1v) is 11.5. The third-order valence-corrected chi connectivity index (χ3v) is 6.24. The molecule has 36 heavy (non-hydrogen) atoms. The zero-order chi connectivity index (χ0) is 25.4. The normalized spacial score (nSPS) is 13.5. The van der Waals surface area contributed by atoms with E-state index in [1.807, 2.05) is 42.5 Å². The Bertz CT molecular complexity index is 1800. The Balaban J connectivity index is 1.67. The largest absolute Gasteiger partial charge is 0.444 e. The van der Waals surface area contributed by atoms with Gasteiger partial charge in [0.1, 0.15) is 17.8 Å². The molecular weight excluding hydrogens is 460 g/mol. The Morgan fingerprint density at radius 2 is 1.64 bits per heavy atom. The van der Waals surface area contributed by atoms with Crippen LogP contribution in [0.2, 0.25) is 0 Å². The molecule has 0 aliphatic carbocycles. The number of fused-ring (bicyclic) bond motifs is 10. The fraction of sp³-hybridized carbons (Fsp3) is 0.185. The molecule has 9 nitrogen and oxygen atoms in total. The number of pyridine rings is 1. The van der Waals surface area contributed by atoms with Gasteiger partial charge in [-0.2, -0.15) is 0 Å². The second kappa shape index (κ2) is 7.42. The molecule has 0 unspecified atom stereocenters. The molecule has 1 aliphatic heterocycles. The monoisotopic (exact) mass is 482 g/mol. The molecule has 0 spiro atoms. The fourth-order valence-corrected chi connectivity index (χ4v) is 5.00. The predicted octanol–water partition coefficient (Wildman–Crippen LogP) is 4.25. The Morgan fingerprint density at radius 1 is 0.944 bits per heavy atom. The second-order valence-electron chi connectivity index (χ2n) is 9.76. The summed E-state index contributed by atoms with van der Waals surface area (Å²) >= 11 is 0. The summed E-state index contributed by atoms with van der Waals surface area (Å²) in [5.41, 5.74) is 2.17. The van der Waals surface area contributed by atoms with Crippen LogP contribution < -0.4 is 10.6 Å². The molecule has 4 heterocycles. The highest BCUT2D eigenvalue weighted by molar-refractivity contribution is 6.33. The molecule has 5 aromatic rings. The number of hydrogen-bond acceptors (Lipinski definition) is 5. The zero-order valence-electron chi connectivity index (χ0n) is 19.8. The van der Waals surface area contributed by atoms with Gasteiger partial charge in [-0.15, -0.1) is 0 Å². The number of nitrogens with zero attached hydrogens (tertiary/aromatic N) is 2. The number of para-hydroxylation sites is 2. The van der Waals surface area contributed by atoms with Crippen LogP contribution in [-0.4, -0.2) is 44.9 Å². The highest BCUT2D eigenvalue weighted by Crippen LogP contribution is 2.40. The summed E-state index contributed by atoms with van der Waals surface area (Å²) < 4.78 is 8.51. The minimum Gasteiger partial charge on any atom is -0.444 e. The standard InChI is InChI=1S/C27H22N4O5/c1-27(2,3)36-26(35)28-13-19(32)31-17-11-7-5-9-15(17)20-21-23(25(34)29-24(21)33)30-16-10-6-4-8-14(16)12-18(30)22(20)31/h4-12H,13H2,1-3H3,(H,28,35)(H,29,33,34). The highest BCUT2D eigenvalue weighted by Gasteiger charge is 2.36. The molecule has 9 heteroatoms. The number of nitrogens with one attached hydrogen (secondary N) is 2. The van der Waals surface area contributed by atoms with Crippen molar-refractivity contribution in [2.24, 2.45) is 0 Å². The van der Waals surface area contributed by atoms with Crippen LogP contribution in [0.3, 0.4) is 0 Å². The molecular formula is C27H22N4O5. The van der Waals surface area contributed by atoms with Crippen molar-refractivity contribution in [2.45, 2.75) is 26.4 Å². The van der Waals surface area contributed by atoms with Crippen LogP contribution in [0.4, 0.5) is 4.79 Å². The van der Waals surface area contributed by atoms with E-state index in [4.69, 9.17) is 4.74 Å². The van der Waals surface area contributed by atoms with Crippen molar-refractivity contribution >= 4 is 62.0 Å². The first kappa shape index (κ1) is 21.8. The fourth-order valence-electron chi connectivity index (χ4n) is 5.00. The lowest BCUT2D eigenvalue weighted by atomic mass is 10.1. The van der Waals surface area contributed by atoms with E-state index in [0.717, 1.165) is 10.9 Å². The summed E-state index contributed by atoms with van der Waals surface area (Å²) in [6, 6.07) is 16.6. The third kappa shape index (κ3) is 3.09. The molecule has 0 saturated heterocycles. The molecule has 0 radical (unpaired) electrons. The van der Waals surface area contributed by atoms with Crippen LogP contribution in [0, 0.1) is 0 Å². The number of alkyl carbamates (subject to hydrolysis) is 1. The van der Waals surface area contributed by atoms with Gasteiger partial charge < -0.3 is 14.5 Å². The van der Waals surface area contributed by atoms with E-state index < -0.39 is 29.4 Å². The predicted molar refractivity (Wildman–Crippen MR) is 135 cm³/mol. The smallest absolute Gasteiger partial charge is 0.408 e. The molecule has 180 valence electrons. The molecule has 2 aromatic carbocycles. The van der Waals surface area contributed by atoms with E-state index in [0.29, 0.717) is 27.3 Å². The molecule has 1 aliphatic rings. The molecule has 2 N–H and O–H groups in total. The van der Waals surface area contributed by atoms with Crippen molar-refractivity contribution in [3.8, 4) is 0 Å². The number of benzene rings is 2. The van der Waals surface area contributed by atoms with Gasteiger partial charge >= 0.3 is 6.09 Å². The van der Waals surface area contributed by atoms with E-state index in [1.165, 1.54) is 4.57 Å². The maximum absolute atomic E-state index is 13.6. The van der Waals surface area contributed by atoms with Crippen molar-refractivity contribution in [3.05, 3.63) is 65.9 Å². The van der Waals surface area contributed by atoms with Gasteiger partial charge in [-0.25, -0.2) is 4.79 Å². The van der Waals surface area contributed by atoms with Crippen molar-refractivity contribution in [1.29, 1.82) is 0 Å². The molecule has 0 fully saturated rings. The molecule has 3 aromatic heterocycles. The SMILES string of the molecule is CC(C)(C)OC(=O)NCC(=O)n1c2ccccc2c2c3c(n4c5ccccc5cc4c21)C(=O)NC3=O. The summed E-state index contributed by atoms with van der Waals surface area (Å²) in [6.45, 7) is 4.89. The average Bonchev–Trinajstić information content (AvgIpc) is 3.45. The lowest BCUT2D eigenvalue weighted by molar-refractivity contribution is 0.0515. The lowest BCUT2D eigenvalue weighted by Crippen LogP contribution is -2.36. The van der Waals surface area contributed by atoms with E-state index in [9.17, 15) is 19.2 Å². The lowest BCUT2D eigenvalue weighted by Gasteiger charge is -2.19. The van der Waals surface area contributed by atoms with Gasteiger partial charge in [0.15, 0.2) is 0 Å². The van der Waals surface area contributed by atoms with Gasteiger partial charge in [0.2, 0.25) is 0 Å². The van der Waals surface area contributed by atoms with Crippen LogP contribution in [0.15, 0.2) is 54.6 Å². The Labute approximate surface area is 204 Å². The van der Waals surface area contributed by atoms with Gasteiger partial charge in [-0.3, -0.25) is 24.3 Å². The summed E-state index contributed by atoms with van der Waals surface area (Å²) in [4.78, 5) is 51.9. The van der Waals surface area contributed by atoms with Gasteiger partial charge in [-0.05, 0) is 39.0 Å². The van der Waals surface area contributed by atoms with Gasteiger partial charge in [0.25, 0.3) is 17.7 Å². The Kier molecular flexibility index (Phi) is 4.50. The molecule has 3 amide bonds. The van der Waals surface area contributed by atoms with E-state index in [-0.39, 0.29) is 17.8 Å². The van der Waals surface area contributed by atoms with Crippen LogP contribution >= 0.6 is 0 Å². The molecule has 0 bridgehead atoms. The number of amides is 3. The van der Waals surface area contributed by atoms with E-state index in [2.05, 4.69) is 10.6 Å². The van der Waals surface area contributed by atoms with Crippen molar-refractivity contribution in [1.82, 2.24) is 19.6 Å². The van der Waals surface area contributed by atoms with Crippen LogP contribution in [0.25, 0.3) is 38.2 Å². The maximum Gasteiger partial charge on any atom is 0.408 e. The Morgan fingerprint density at radius 3 is 2.39 bits per heavy atom. The summed E-state index contributed by atoms with van der Waals surface area (Å²) in [5.74, 6) is -1.41. The molecule has 0 saturated carbocycles. The summed E-state index contributed by atoms with van der Waals surface area (Å²) in [6.07, 6.45) is -0.707. The maximum atomic E-state index is 13.6. The second-order valence-corrected chi connectivity index (χ2v) is 9.76. The average molecular weight is 482 g/mol. The minimum atomic E-state index is -0.710. The first-order valence-electron chi connectivity index (χ1n) is 11.5. The van der Waals surface area contributed by atoms with Crippen LogP contribution in [0.1, 0.15) is 46.4 Å². The Hall–Kier alpha value is -4.66. The van der Waals surface area contributed by atoms with Crippen molar-refractivity contribution < 1.29 is 23.9 Å². The summed E-state index contributed by atoms with van der Waals surface area (Å²) in [5, 5.41) is 6.98. The van der Waals surface area contributed by atoms with Crippen LogP contribution in [0.5, 0.6) is 0 Å². The van der Waals surface area contributed by atoms with Crippen molar-refractivity contribution in [2.75, 3.05) is 6.54 Å². The van der Waals surface area contributed by atoms with E-state index >= 15 is 0 Å². The number of rotatable bonds is 2.